The molecule has 2 bridgehead atoms. The molecule has 0 saturated carbocycles. The third-order valence-corrected chi connectivity index (χ3v) is 48.7. The highest BCUT2D eigenvalue weighted by Gasteiger charge is 2.64. The van der Waals surface area contributed by atoms with Gasteiger partial charge < -0.3 is 0 Å². The van der Waals surface area contributed by atoms with E-state index < -0.39 is 56.5 Å². The van der Waals surface area contributed by atoms with Gasteiger partial charge in [-0.05, 0) is 92.4 Å². The first-order valence-electron chi connectivity index (χ1n) is 23.7. The average Bonchev–Trinajstić information content (AvgIpc) is 3.10. The molecular weight excluding hydrogens is 845 g/mol. The lowest BCUT2D eigenvalue weighted by Gasteiger charge is -2.60. The molecule has 3 heterocycles. The fourth-order valence-corrected chi connectivity index (χ4v) is 60.7. The molecule has 0 saturated heterocycles. The largest absolute Gasteiger partial charge is 0.156 e. The van der Waals surface area contributed by atoms with E-state index in [9.17, 15) is 0 Å². The van der Waals surface area contributed by atoms with Crippen molar-refractivity contribution in [1.29, 1.82) is 0 Å². The van der Waals surface area contributed by atoms with Crippen LogP contribution in [0, 0.1) is 0 Å². The summed E-state index contributed by atoms with van der Waals surface area (Å²) in [6.45, 7) is 49.2. The fourth-order valence-electron chi connectivity index (χ4n) is 15.3. The molecule has 1 aliphatic carbocycles. The van der Waals surface area contributed by atoms with Gasteiger partial charge >= 0.3 is 0 Å². The molecule has 4 aliphatic rings. The maximum atomic E-state index is 3.00. The molecular formula is C54H78Si7. The highest BCUT2D eigenvalue weighted by molar-refractivity contribution is 7.15. The van der Waals surface area contributed by atoms with Crippen LogP contribution in [0.25, 0.3) is 16.8 Å². The third-order valence-electron chi connectivity index (χ3n) is 15.2. The zero-order valence-corrected chi connectivity index (χ0v) is 48.4. The monoisotopic (exact) mass is 922 g/mol. The molecule has 0 spiro atoms. The van der Waals surface area contributed by atoms with E-state index in [4.69, 9.17) is 0 Å². The number of hydrogen-bond donors (Lipinski definition) is 0. The second-order valence-electron chi connectivity index (χ2n) is 26.3. The van der Waals surface area contributed by atoms with E-state index in [1.54, 1.807) is 32.6 Å². The molecule has 5 aromatic carbocycles. The second kappa shape index (κ2) is 14.8. The lowest BCUT2D eigenvalue weighted by molar-refractivity contribution is 0.580. The van der Waals surface area contributed by atoms with Crippen LogP contribution in [0.5, 0.6) is 0 Å². The lowest BCUT2D eigenvalue weighted by Crippen LogP contribution is -2.79. The van der Waals surface area contributed by atoms with Crippen LogP contribution in [-0.4, -0.2) is 56.5 Å². The van der Waals surface area contributed by atoms with Crippen molar-refractivity contribution >= 4 is 88.9 Å². The Morgan fingerprint density at radius 2 is 0.820 bits per heavy atom. The van der Waals surface area contributed by atoms with Gasteiger partial charge in [0, 0.05) is 60.3 Å². The Bertz CT molecular complexity index is 2400. The van der Waals surface area contributed by atoms with Crippen LogP contribution in [0.3, 0.4) is 0 Å². The maximum Gasteiger partial charge on any atom is 0.156 e. The summed E-state index contributed by atoms with van der Waals surface area (Å²) in [6.07, 6.45) is 5.42. The molecule has 0 radical (unpaired) electrons. The van der Waals surface area contributed by atoms with Crippen LogP contribution in [0.2, 0.25) is 123 Å². The van der Waals surface area contributed by atoms with Crippen molar-refractivity contribution in [2.75, 3.05) is 0 Å². The molecule has 0 fully saturated rings. The lowest BCUT2D eigenvalue weighted by atomic mass is 9.70. The Labute approximate surface area is 379 Å². The Morgan fingerprint density at radius 3 is 1.25 bits per heavy atom. The molecule has 0 nitrogen and oxygen atoms in total. The number of allylic oxidation sites excluding steroid dienone is 1. The summed E-state index contributed by atoms with van der Waals surface area (Å²) in [5, 5.41) is 10.1. The molecule has 0 amide bonds. The average molecular weight is 924 g/mol. The number of fused-ring (bicyclic) bond motifs is 2. The molecule has 0 aromatic heterocycles. The third kappa shape index (κ3) is 7.36. The predicted octanol–water partition coefficient (Wildman–Crippen LogP) is 14.5. The Hall–Kier alpha value is -2.38. The van der Waals surface area contributed by atoms with E-state index in [0.717, 1.165) is 0 Å². The van der Waals surface area contributed by atoms with Gasteiger partial charge in [0.25, 0.3) is 0 Å². The van der Waals surface area contributed by atoms with Gasteiger partial charge in [-0.15, -0.1) is 0 Å². The van der Waals surface area contributed by atoms with Gasteiger partial charge in [-0.1, -0.05) is 221 Å². The van der Waals surface area contributed by atoms with E-state index in [2.05, 4.69) is 227 Å². The molecule has 322 valence electrons. The molecule has 5 aromatic rings. The normalized spacial score (nSPS) is 21.6. The van der Waals surface area contributed by atoms with Gasteiger partial charge in [0.2, 0.25) is 0 Å². The Balaban J connectivity index is 1.66. The van der Waals surface area contributed by atoms with Gasteiger partial charge in [-0.3, -0.25) is 0 Å². The van der Waals surface area contributed by atoms with E-state index in [-0.39, 0.29) is 0 Å². The minimum Gasteiger partial charge on any atom is -0.0819 e. The molecule has 61 heavy (non-hydrogen) atoms. The quantitative estimate of drug-likeness (QED) is 0.122. The summed E-state index contributed by atoms with van der Waals surface area (Å²) in [6, 6.07) is 40.5. The van der Waals surface area contributed by atoms with Gasteiger partial charge in [0.1, 0.15) is 0 Å². The van der Waals surface area contributed by atoms with Crippen LogP contribution in [0.15, 0.2) is 103 Å². The fraction of sp³-hybridized carbons (Fsp3) is 0.444. The second-order valence-corrected chi connectivity index (χ2v) is 63.7. The van der Waals surface area contributed by atoms with Crippen molar-refractivity contribution in [3.05, 3.63) is 142 Å². The zero-order valence-electron chi connectivity index (χ0n) is 41.4. The molecule has 0 N–H and O–H groups in total. The Kier molecular flexibility index (Phi) is 11.0. The molecule has 9 rings (SSSR count). The summed E-state index contributed by atoms with van der Waals surface area (Å²) in [5.74, 6) is 0.758. The molecule has 0 unspecified atom stereocenters. The van der Waals surface area contributed by atoms with Crippen molar-refractivity contribution in [3.8, 4) is 0 Å². The Morgan fingerprint density at radius 1 is 0.426 bits per heavy atom. The predicted molar refractivity (Wildman–Crippen MR) is 294 cm³/mol. The van der Waals surface area contributed by atoms with Crippen molar-refractivity contribution < 1.29 is 0 Å². The standard InChI is InChI=1S/C54H78Si7/c1-55(2,3)52(56(4,5)6)40-35-44(53(57(7,8)9)58(10,11)12)51(45(36-40)54(59(13,14)15)60(16,17)18)61-46-29-23-21-27-41(46)49(42-28-22-24-30-47(42)61)50-43-34-38-26-20-19-25-37(38)33-39(43)31-32-48(50)61/h19-36,48-50,52-54H,1-18H3/t48-,49?,50+,61?/m1/s1. The topological polar surface area (TPSA) is 0 Å². The summed E-state index contributed by atoms with van der Waals surface area (Å²) >= 11 is 0. The van der Waals surface area contributed by atoms with Gasteiger partial charge in [-0.2, -0.15) is 0 Å². The molecule has 7 heteroatoms. The molecule has 2 atom stereocenters. The summed E-state index contributed by atoms with van der Waals surface area (Å²) in [4.78, 5) is 0. The van der Waals surface area contributed by atoms with Gasteiger partial charge in [0.05, 0.1) is 0 Å². The van der Waals surface area contributed by atoms with E-state index >= 15 is 0 Å². The first-order chi connectivity index (χ1) is 28.1. The number of hydrogen-bond acceptors (Lipinski definition) is 0. The van der Waals surface area contributed by atoms with Gasteiger partial charge in [-0.25, -0.2) is 0 Å². The highest BCUT2D eigenvalue weighted by Crippen LogP contribution is 2.60. The SMILES string of the molecule is C[Si](C)(C)C(c1cc(C([Si](C)(C)C)[Si](C)(C)C)c([Si]23c4ccccc4C(c4ccccc42)[C@H]2c4cc5ccccc5cc4C=C[C@H]23)c(C([Si](C)(C)C)[Si](C)(C)C)c1)[Si](C)(C)C. The van der Waals surface area contributed by atoms with Crippen LogP contribution < -0.4 is 15.6 Å². The minimum absolute atomic E-state index is 0.348. The maximum absolute atomic E-state index is 3.00. The number of benzene rings is 5. The zero-order chi connectivity index (χ0) is 44.6. The van der Waals surface area contributed by atoms with Crippen molar-refractivity contribution in [1.82, 2.24) is 0 Å². The van der Waals surface area contributed by atoms with Crippen LogP contribution >= 0.6 is 0 Å². The first kappa shape index (κ1) is 45.2. The van der Waals surface area contributed by atoms with Gasteiger partial charge in [0.15, 0.2) is 8.07 Å². The van der Waals surface area contributed by atoms with Crippen LogP contribution in [0.4, 0.5) is 0 Å². The summed E-state index contributed by atoms with van der Waals surface area (Å²) < 4.78 is 0. The van der Waals surface area contributed by atoms with E-state index in [1.807, 2.05) is 16.3 Å². The highest BCUT2D eigenvalue weighted by atomic mass is 28.4. The van der Waals surface area contributed by atoms with Crippen molar-refractivity contribution in [2.45, 2.75) is 151 Å². The summed E-state index contributed by atoms with van der Waals surface area (Å²) in [5.41, 5.74) is 12.2. The smallest absolute Gasteiger partial charge is 0.0819 e. The summed E-state index contributed by atoms with van der Waals surface area (Å²) in [7, 11) is -13.3. The van der Waals surface area contributed by atoms with Crippen molar-refractivity contribution in [2.24, 2.45) is 0 Å². The van der Waals surface area contributed by atoms with Crippen molar-refractivity contribution in [3.63, 3.8) is 0 Å². The van der Waals surface area contributed by atoms with Crippen LogP contribution in [0.1, 0.15) is 66.3 Å². The van der Waals surface area contributed by atoms with E-state index in [1.165, 1.54) is 16.3 Å². The first-order valence-corrected chi connectivity index (χ1v) is 47.2. The molecule has 3 aliphatic heterocycles. The number of rotatable bonds is 10. The minimum atomic E-state index is -2.86. The van der Waals surface area contributed by atoms with Crippen LogP contribution in [-0.2, 0) is 0 Å². The van der Waals surface area contributed by atoms with E-state index in [0.29, 0.717) is 32.9 Å².